The molecule has 0 fully saturated rings. The summed E-state index contributed by atoms with van der Waals surface area (Å²) in [4.78, 5) is 21.6. The van der Waals surface area contributed by atoms with Crippen molar-refractivity contribution in [3.05, 3.63) is 0 Å². The van der Waals surface area contributed by atoms with Gasteiger partial charge in [0.2, 0.25) is 5.91 Å². The van der Waals surface area contributed by atoms with Crippen LogP contribution in [0.4, 0.5) is 0 Å². The molecule has 3 N–H and O–H groups in total. The van der Waals surface area contributed by atoms with Crippen molar-refractivity contribution in [1.29, 1.82) is 0 Å². The van der Waals surface area contributed by atoms with Crippen LogP contribution < -0.4 is 10.6 Å². The van der Waals surface area contributed by atoms with Crippen LogP contribution in [0.2, 0.25) is 0 Å². The number of amides is 1. The van der Waals surface area contributed by atoms with Crippen LogP contribution in [-0.2, 0) is 9.59 Å². The number of hydrogen-bond donors (Lipinski definition) is 3. The van der Waals surface area contributed by atoms with E-state index in [0.717, 1.165) is 0 Å². The molecule has 0 heterocycles. The normalized spacial score (nSPS) is 13.4. The van der Waals surface area contributed by atoms with E-state index in [1.165, 1.54) is 6.92 Å². The molecule has 5 heteroatoms. The number of hydrogen-bond acceptors (Lipinski definition) is 3. The van der Waals surface area contributed by atoms with Crippen molar-refractivity contribution in [1.82, 2.24) is 10.6 Å². The van der Waals surface area contributed by atoms with Crippen molar-refractivity contribution in [2.75, 3.05) is 6.54 Å². The van der Waals surface area contributed by atoms with Crippen molar-refractivity contribution in [3.63, 3.8) is 0 Å². The van der Waals surface area contributed by atoms with E-state index in [2.05, 4.69) is 10.6 Å². The average molecular weight is 202 g/mol. The number of rotatable bonds is 4. The second-order valence-corrected chi connectivity index (χ2v) is 4.24. The van der Waals surface area contributed by atoms with E-state index in [-0.39, 0.29) is 18.0 Å². The topological polar surface area (TPSA) is 78.4 Å². The zero-order chi connectivity index (χ0) is 11.4. The Morgan fingerprint density at radius 2 is 1.86 bits per heavy atom. The molecule has 0 rings (SSSR count). The van der Waals surface area contributed by atoms with Crippen LogP contribution in [0.1, 0.15) is 27.7 Å². The molecule has 0 saturated carbocycles. The fourth-order valence-corrected chi connectivity index (χ4v) is 0.796. The van der Waals surface area contributed by atoms with Gasteiger partial charge in [-0.1, -0.05) is 0 Å². The first-order valence-electron chi connectivity index (χ1n) is 4.49. The van der Waals surface area contributed by atoms with Crippen molar-refractivity contribution in [2.45, 2.75) is 39.3 Å². The SMILES string of the molecule is C[C@H](NCC(=O)NC(C)(C)C)C(=O)O. The highest BCUT2D eigenvalue weighted by molar-refractivity contribution is 5.80. The molecule has 0 aromatic carbocycles. The summed E-state index contributed by atoms with van der Waals surface area (Å²) in [5, 5.41) is 13.8. The molecule has 82 valence electrons. The molecule has 1 atom stereocenters. The third-order valence-corrected chi connectivity index (χ3v) is 1.45. The summed E-state index contributed by atoms with van der Waals surface area (Å²) in [5.74, 6) is -1.17. The van der Waals surface area contributed by atoms with Gasteiger partial charge >= 0.3 is 5.97 Å². The molecule has 1 amide bonds. The number of aliphatic carboxylic acids is 1. The maximum absolute atomic E-state index is 11.2. The summed E-state index contributed by atoms with van der Waals surface area (Å²) in [5.41, 5.74) is -0.286. The summed E-state index contributed by atoms with van der Waals surface area (Å²) in [7, 11) is 0. The number of carbonyl (C=O) groups is 2. The summed E-state index contributed by atoms with van der Waals surface area (Å²) in [6.07, 6.45) is 0. The molecule has 0 aliphatic rings. The molecular formula is C9H18N2O3. The second kappa shape index (κ2) is 4.95. The molecule has 0 spiro atoms. The maximum atomic E-state index is 11.2. The number of carbonyl (C=O) groups excluding carboxylic acids is 1. The lowest BCUT2D eigenvalue weighted by Crippen LogP contribution is -2.47. The van der Waals surface area contributed by atoms with E-state index in [0.29, 0.717) is 0 Å². The van der Waals surface area contributed by atoms with E-state index in [9.17, 15) is 9.59 Å². The second-order valence-electron chi connectivity index (χ2n) is 4.24. The third-order valence-electron chi connectivity index (χ3n) is 1.45. The molecule has 0 aromatic rings. The van der Waals surface area contributed by atoms with Gasteiger partial charge < -0.3 is 10.4 Å². The minimum atomic E-state index is -0.964. The van der Waals surface area contributed by atoms with Crippen molar-refractivity contribution in [3.8, 4) is 0 Å². The van der Waals surface area contributed by atoms with Gasteiger partial charge in [0.1, 0.15) is 6.04 Å². The monoisotopic (exact) mass is 202 g/mol. The standard InChI is InChI=1S/C9H18N2O3/c1-6(8(13)14)10-5-7(12)11-9(2,3)4/h6,10H,5H2,1-4H3,(H,11,12)(H,13,14)/t6-/m0/s1. The van der Waals surface area contributed by atoms with Gasteiger partial charge in [-0.15, -0.1) is 0 Å². The Balaban J connectivity index is 3.81. The van der Waals surface area contributed by atoms with Crippen LogP contribution in [-0.4, -0.2) is 35.1 Å². The highest BCUT2D eigenvalue weighted by atomic mass is 16.4. The van der Waals surface area contributed by atoms with Crippen LogP contribution in [0, 0.1) is 0 Å². The fourth-order valence-electron chi connectivity index (χ4n) is 0.796. The van der Waals surface area contributed by atoms with Crippen LogP contribution in [0.3, 0.4) is 0 Å². The number of nitrogens with one attached hydrogen (secondary N) is 2. The first-order chi connectivity index (χ1) is 6.22. The van der Waals surface area contributed by atoms with Crippen LogP contribution in [0.15, 0.2) is 0 Å². The van der Waals surface area contributed by atoms with E-state index in [1.54, 1.807) is 0 Å². The van der Waals surface area contributed by atoms with Crippen LogP contribution in [0.25, 0.3) is 0 Å². The molecule has 0 aromatic heterocycles. The predicted octanol–water partition coefficient (Wildman–Crippen LogP) is -0.0362. The first-order valence-corrected chi connectivity index (χ1v) is 4.49. The third kappa shape index (κ3) is 6.42. The maximum Gasteiger partial charge on any atom is 0.320 e. The van der Waals surface area contributed by atoms with Gasteiger partial charge in [-0.3, -0.25) is 14.9 Å². The summed E-state index contributed by atoms with van der Waals surface area (Å²) in [6.45, 7) is 7.11. The molecule has 0 aliphatic carbocycles. The first kappa shape index (κ1) is 12.9. The van der Waals surface area contributed by atoms with Gasteiger partial charge in [-0.2, -0.15) is 0 Å². The molecule has 0 aliphatic heterocycles. The van der Waals surface area contributed by atoms with E-state index in [4.69, 9.17) is 5.11 Å². The molecule has 14 heavy (non-hydrogen) atoms. The molecule has 5 nitrogen and oxygen atoms in total. The Morgan fingerprint density at radius 3 is 2.21 bits per heavy atom. The largest absolute Gasteiger partial charge is 0.480 e. The van der Waals surface area contributed by atoms with E-state index < -0.39 is 12.0 Å². The van der Waals surface area contributed by atoms with Crippen LogP contribution >= 0.6 is 0 Å². The molecule has 0 saturated heterocycles. The van der Waals surface area contributed by atoms with Gasteiger partial charge in [0.05, 0.1) is 6.54 Å². The van der Waals surface area contributed by atoms with Crippen LogP contribution in [0.5, 0.6) is 0 Å². The molecule has 0 radical (unpaired) electrons. The molecule has 0 unspecified atom stereocenters. The quantitative estimate of drug-likeness (QED) is 0.598. The van der Waals surface area contributed by atoms with Gasteiger partial charge in [-0.25, -0.2) is 0 Å². The number of carboxylic acid groups (broad SMARTS) is 1. The van der Waals surface area contributed by atoms with Crippen molar-refractivity contribution < 1.29 is 14.7 Å². The lowest BCUT2D eigenvalue weighted by molar-refractivity contribution is -0.139. The summed E-state index contributed by atoms with van der Waals surface area (Å²) in [6, 6.07) is -0.708. The van der Waals surface area contributed by atoms with Gasteiger partial charge in [0.15, 0.2) is 0 Å². The van der Waals surface area contributed by atoms with Crippen molar-refractivity contribution >= 4 is 11.9 Å². The minimum Gasteiger partial charge on any atom is -0.480 e. The van der Waals surface area contributed by atoms with E-state index in [1.807, 2.05) is 20.8 Å². The summed E-state index contributed by atoms with van der Waals surface area (Å²) >= 11 is 0. The minimum absolute atomic E-state index is 0.0186. The van der Waals surface area contributed by atoms with E-state index >= 15 is 0 Å². The Hall–Kier alpha value is -1.10. The molecular weight excluding hydrogens is 184 g/mol. The zero-order valence-corrected chi connectivity index (χ0v) is 9.05. The Labute approximate surface area is 83.9 Å². The highest BCUT2D eigenvalue weighted by Crippen LogP contribution is 1.97. The lowest BCUT2D eigenvalue weighted by Gasteiger charge is -2.21. The highest BCUT2D eigenvalue weighted by Gasteiger charge is 2.15. The molecule has 0 bridgehead atoms. The Morgan fingerprint density at radius 1 is 1.36 bits per heavy atom. The smallest absolute Gasteiger partial charge is 0.320 e. The predicted molar refractivity (Wildman–Crippen MR) is 53.0 cm³/mol. The Bertz CT molecular complexity index is 221. The fraction of sp³-hybridized carbons (Fsp3) is 0.778. The van der Waals surface area contributed by atoms with Gasteiger partial charge in [0, 0.05) is 5.54 Å². The van der Waals surface area contributed by atoms with Gasteiger partial charge in [-0.05, 0) is 27.7 Å². The summed E-state index contributed by atoms with van der Waals surface area (Å²) < 4.78 is 0. The van der Waals surface area contributed by atoms with Crippen molar-refractivity contribution in [2.24, 2.45) is 0 Å². The Kier molecular flexibility index (Phi) is 4.56. The van der Waals surface area contributed by atoms with Gasteiger partial charge in [0.25, 0.3) is 0 Å². The average Bonchev–Trinajstić information content (AvgIpc) is 1.96. The zero-order valence-electron chi connectivity index (χ0n) is 9.05. The lowest BCUT2D eigenvalue weighted by atomic mass is 10.1. The number of carboxylic acids is 1.